The fourth-order valence-electron chi connectivity index (χ4n) is 3.67. The second-order valence-corrected chi connectivity index (χ2v) is 7.94. The smallest absolute Gasteiger partial charge is 0.324 e. The minimum atomic E-state index is -1.13. The number of carboxylic acids is 1. The molecular formula is C18H27BCl2N2O2. The van der Waals surface area contributed by atoms with Crippen molar-refractivity contribution in [2.45, 2.75) is 50.5 Å². The van der Waals surface area contributed by atoms with Gasteiger partial charge >= 0.3 is 5.97 Å². The van der Waals surface area contributed by atoms with Gasteiger partial charge in [-0.15, -0.1) is 0 Å². The average molecular weight is 385 g/mol. The molecular weight excluding hydrogens is 358 g/mol. The monoisotopic (exact) mass is 384 g/mol. The maximum atomic E-state index is 11.9. The van der Waals surface area contributed by atoms with Gasteiger partial charge in [-0.25, -0.2) is 0 Å². The van der Waals surface area contributed by atoms with Crippen LogP contribution in [0.1, 0.15) is 37.7 Å². The molecule has 0 amide bonds. The van der Waals surface area contributed by atoms with Crippen molar-refractivity contribution in [2.75, 3.05) is 13.1 Å². The summed E-state index contributed by atoms with van der Waals surface area (Å²) in [5.74, 6) is -0.900. The van der Waals surface area contributed by atoms with Gasteiger partial charge in [-0.2, -0.15) is 0 Å². The van der Waals surface area contributed by atoms with Gasteiger partial charge in [-0.05, 0) is 43.5 Å². The van der Waals surface area contributed by atoms with Crippen LogP contribution in [0.5, 0.6) is 0 Å². The fraction of sp³-hybridized carbons (Fsp3) is 0.611. The Morgan fingerprint density at radius 3 is 2.76 bits per heavy atom. The van der Waals surface area contributed by atoms with Gasteiger partial charge in [0.05, 0.1) is 10.0 Å². The van der Waals surface area contributed by atoms with Crippen LogP contribution < -0.4 is 5.73 Å². The van der Waals surface area contributed by atoms with Crippen molar-refractivity contribution in [1.29, 1.82) is 0 Å². The molecule has 7 heteroatoms. The fourth-order valence-corrected chi connectivity index (χ4v) is 3.99. The lowest BCUT2D eigenvalue weighted by Crippen LogP contribution is -2.58. The summed E-state index contributed by atoms with van der Waals surface area (Å²) >= 11 is 12.1. The van der Waals surface area contributed by atoms with E-state index in [-0.39, 0.29) is 5.92 Å². The summed E-state index contributed by atoms with van der Waals surface area (Å²) < 4.78 is 0. The quantitative estimate of drug-likeness (QED) is 0.533. The summed E-state index contributed by atoms with van der Waals surface area (Å²) in [5.41, 5.74) is 6.34. The Labute approximate surface area is 161 Å². The Morgan fingerprint density at radius 2 is 2.12 bits per heavy atom. The van der Waals surface area contributed by atoms with Crippen LogP contribution in [-0.4, -0.2) is 42.5 Å². The maximum Gasteiger partial charge on any atom is 0.324 e. The Hall–Kier alpha value is -0.745. The van der Waals surface area contributed by atoms with E-state index in [2.05, 4.69) is 12.7 Å². The molecule has 0 aromatic heterocycles. The summed E-state index contributed by atoms with van der Waals surface area (Å²) in [6, 6.07) is 5.64. The molecule has 0 radical (unpaired) electrons. The molecule has 4 nitrogen and oxygen atoms in total. The van der Waals surface area contributed by atoms with Crippen molar-refractivity contribution < 1.29 is 9.90 Å². The van der Waals surface area contributed by atoms with Crippen LogP contribution in [0.15, 0.2) is 18.2 Å². The van der Waals surface area contributed by atoms with Gasteiger partial charge in [0, 0.05) is 19.0 Å². The lowest BCUT2D eigenvalue weighted by atomic mass is 9.75. The van der Waals surface area contributed by atoms with Gasteiger partial charge in [0.15, 0.2) is 0 Å². The normalized spacial score (nSPS) is 21.0. The van der Waals surface area contributed by atoms with Crippen LogP contribution in [0, 0.1) is 5.92 Å². The van der Waals surface area contributed by atoms with Crippen molar-refractivity contribution in [3.05, 3.63) is 33.8 Å². The minimum Gasteiger partial charge on any atom is -0.480 e. The van der Waals surface area contributed by atoms with Gasteiger partial charge in [-0.1, -0.05) is 48.4 Å². The SMILES string of the molecule is BCCCCC(N)(C(=O)O)[C@H]1CCCN(Cc2ccc(Cl)c(Cl)c2)C1. The van der Waals surface area contributed by atoms with Gasteiger partial charge in [0.2, 0.25) is 0 Å². The molecule has 1 aromatic carbocycles. The highest BCUT2D eigenvalue weighted by Gasteiger charge is 2.43. The molecule has 0 aliphatic carbocycles. The van der Waals surface area contributed by atoms with E-state index in [1.165, 1.54) is 0 Å². The molecule has 2 rings (SSSR count). The lowest BCUT2D eigenvalue weighted by molar-refractivity contribution is -0.147. The van der Waals surface area contributed by atoms with Crippen molar-refractivity contribution in [3.63, 3.8) is 0 Å². The van der Waals surface area contributed by atoms with Crippen molar-refractivity contribution in [3.8, 4) is 0 Å². The molecule has 138 valence electrons. The number of carbonyl (C=O) groups is 1. The molecule has 1 heterocycles. The van der Waals surface area contributed by atoms with E-state index in [4.69, 9.17) is 28.9 Å². The second kappa shape index (κ2) is 9.27. The third kappa shape index (κ3) is 5.36. The zero-order valence-corrected chi connectivity index (χ0v) is 16.3. The van der Waals surface area contributed by atoms with E-state index >= 15 is 0 Å². The largest absolute Gasteiger partial charge is 0.480 e. The van der Waals surface area contributed by atoms with Crippen LogP contribution in [0.2, 0.25) is 16.4 Å². The number of nitrogens with zero attached hydrogens (tertiary/aromatic N) is 1. The number of carboxylic acid groups (broad SMARTS) is 1. The Bertz CT molecular complexity index is 602. The molecule has 0 saturated carbocycles. The van der Waals surface area contributed by atoms with Crippen molar-refractivity contribution in [1.82, 2.24) is 4.90 Å². The number of nitrogens with two attached hydrogens (primary N) is 1. The number of unbranched alkanes of at least 4 members (excludes halogenated alkanes) is 1. The molecule has 1 fully saturated rings. The van der Waals surface area contributed by atoms with Gasteiger partial charge in [0.25, 0.3) is 0 Å². The van der Waals surface area contributed by atoms with Gasteiger partial charge < -0.3 is 10.8 Å². The highest BCUT2D eigenvalue weighted by Crippen LogP contribution is 2.31. The highest BCUT2D eigenvalue weighted by molar-refractivity contribution is 6.42. The summed E-state index contributed by atoms with van der Waals surface area (Å²) in [5, 5.41) is 10.8. The number of aliphatic carboxylic acids is 1. The van der Waals surface area contributed by atoms with E-state index in [1.807, 2.05) is 12.1 Å². The first-order valence-electron chi connectivity index (χ1n) is 9.05. The van der Waals surface area contributed by atoms with E-state index in [9.17, 15) is 9.90 Å². The summed E-state index contributed by atoms with van der Waals surface area (Å²) in [7, 11) is 2.11. The first kappa shape index (κ1) is 20.6. The maximum absolute atomic E-state index is 11.9. The molecule has 1 aliphatic rings. The van der Waals surface area contributed by atoms with Crippen LogP contribution in [0.25, 0.3) is 0 Å². The van der Waals surface area contributed by atoms with Gasteiger partial charge in [-0.3, -0.25) is 9.69 Å². The van der Waals surface area contributed by atoms with Crippen molar-refractivity contribution >= 4 is 37.0 Å². The first-order valence-corrected chi connectivity index (χ1v) is 9.81. The number of hydrogen-bond acceptors (Lipinski definition) is 3. The van der Waals surface area contributed by atoms with Crippen LogP contribution in [-0.2, 0) is 11.3 Å². The van der Waals surface area contributed by atoms with E-state index in [0.29, 0.717) is 23.0 Å². The number of halogens is 2. The highest BCUT2D eigenvalue weighted by atomic mass is 35.5. The molecule has 1 aliphatic heterocycles. The standard InChI is InChI=1S/C18H27BCl2N2O2/c19-8-2-1-7-18(22,17(24)25)14-4-3-9-23(12-14)11-13-5-6-15(20)16(21)10-13/h5-6,10,14H,1-4,7-9,11-12,19,22H2,(H,24,25)/t14-,18?/m0/s1. The number of likely N-dealkylation sites (tertiary alicyclic amines) is 1. The first-order chi connectivity index (χ1) is 11.9. The molecule has 0 spiro atoms. The third-order valence-corrected chi connectivity index (χ3v) is 5.96. The second-order valence-electron chi connectivity index (χ2n) is 7.13. The molecule has 25 heavy (non-hydrogen) atoms. The number of benzene rings is 1. The number of hydrogen-bond donors (Lipinski definition) is 2. The summed E-state index contributed by atoms with van der Waals surface area (Å²) in [6.07, 6.45) is 5.32. The predicted octanol–water partition coefficient (Wildman–Crippen LogP) is 3.21. The predicted molar refractivity (Wildman–Crippen MR) is 106 cm³/mol. The third-order valence-electron chi connectivity index (χ3n) is 5.22. The zero-order chi connectivity index (χ0) is 18.4. The molecule has 0 bridgehead atoms. The Kier molecular flexibility index (Phi) is 7.62. The lowest BCUT2D eigenvalue weighted by Gasteiger charge is -2.41. The molecule has 3 N–H and O–H groups in total. The number of piperidine rings is 1. The Morgan fingerprint density at radius 1 is 1.36 bits per heavy atom. The molecule has 1 aromatic rings. The number of rotatable bonds is 8. The van der Waals surface area contributed by atoms with Gasteiger partial charge in [0.1, 0.15) is 13.4 Å². The van der Waals surface area contributed by atoms with E-state index < -0.39 is 11.5 Å². The topological polar surface area (TPSA) is 66.6 Å². The zero-order valence-electron chi connectivity index (χ0n) is 14.8. The summed E-state index contributed by atoms with van der Waals surface area (Å²) in [4.78, 5) is 14.2. The van der Waals surface area contributed by atoms with Crippen molar-refractivity contribution in [2.24, 2.45) is 11.7 Å². The molecule has 1 unspecified atom stereocenters. The van der Waals surface area contributed by atoms with Crippen LogP contribution in [0.4, 0.5) is 0 Å². The van der Waals surface area contributed by atoms with Crippen LogP contribution >= 0.6 is 23.2 Å². The Balaban J connectivity index is 2.04. The summed E-state index contributed by atoms with van der Waals surface area (Å²) in [6.45, 7) is 2.38. The molecule has 2 atom stereocenters. The van der Waals surface area contributed by atoms with Crippen LogP contribution in [0.3, 0.4) is 0 Å². The minimum absolute atomic E-state index is 0.0293. The molecule has 1 saturated heterocycles. The van der Waals surface area contributed by atoms with E-state index in [1.54, 1.807) is 6.07 Å². The van der Waals surface area contributed by atoms with E-state index in [0.717, 1.165) is 50.7 Å². The average Bonchev–Trinajstić information content (AvgIpc) is 2.58.